The van der Waals surface area contributed by atoms with Gasteiger partial charge in [-0.3, -0.25) is 9.36 Å². The third-order valence-corrected chi connectivity index (χ3v) is 5.04. The predicted molar refractivity (Wildman–Crippen MR) is 81.0 cm³/mol. The fraction of sp³-hybridized carbons (Fsp3) is 0.909. The Bertz CT molecular complexity index is 640. The molecule has 21 heteroatoms. The molecule has 0 radical (unpaired) electrons. The first-order valence-electron chi connectivity index (χ1n) is 7.79. The smallest absolute Gasteiger partial charge is 0.790 e. The average molecular weight is 537 g/mol. The maximum atomic E-state index is 11.8. The van der Waals surface area contributed by atoms with E-state index in [1.165, 1.54) is 0 Å². The molecule has 16 nitrogen and oxygen atoms in total. The molecule has 1 aliphatic rings. The van der Waals surface area contributed by atoms with Crippen LogP contribution in [0.3, 0.4) is 0 Å². The summed E-state index contributed by atoms with van der Waals surface area (Å²) in [6.45, 7) is -2.15. The SMILES string of the molecule is NCC(=O)OCC(O)COP(=O)([O-])OC1C(O)C(O)C(OP(=O)([O-])[O-])C(O)C1O.[Na+].[Na+].[Na+]. The van der Waals surface area contributed by atoms with Crippen molar-refractivity contribution in [3.8, 4) is 0 Å². The fourth-order valence-electron chi connectivity index (χ4n) is 2.23. The first kappa shape index (κ1) is 39.0. The number of aliphatic hydroxyl groups is 5. The minimum atomic E-state index is -5.76. The van der Waals surface area contributed by atoms with Gasteiger partial charge in [0.2, 0.25) is 0 Å². The number of ether oxygens (including phenoxy) is 1. The van der Waals surface area contributed by atoms with Crippen LogP contribution in [0.1, 0.15) is 0 Å². The number of esters is 1. The van der Waals surface area contributed by atoms with E-state index in [2.05, 4.69) is 18.3 Å². The van der Waals surface area contributed by atoms with Gasteiger partial charge in [0.1, 0.15) is 49.3 Å². The summed E-state index contributed by atoms with van der Waals surface area (Å²) >= 11 is 0. The number of phosphoric acid groups is 2. The Hall–Kier alpha value is 2.45. The standard InChI is InChI=1S/C11H23NO15P2.3Na/c12-1-5(14)24-2-4(13)3-25-29(22,23)27-11-8(17)6(15)10(7(16)9(11)18)26-28(19,20)21;;;/h4,6-11,13,15-18H,1-3,12H2,(H,22,23)(H2,19,20,21);;;/q;3*+1/p-3. The van der Waals surface area contributed by atoms with Gasteiger partial charge >= 0.3 is 94.6 Å². The first-order valence-corrected chi connectivity index (χ1v) is 10.7. The van der Waals surface area contributed by atoms with Gasteiger partial charge in [0.25, 0.3) is 7.82 Å². The number of hydrogen-bond acceptors (Lipinski definition) is 16. The van der Waals surface area contributed by atoms with Crippen LogP contribution < -0.4 is 109 Å². The first-order chi connectivity index (χ1) is 13.2. The number of nitrogens with two attached hydrogens (primary N) is 1. The molecule has 6 unspecified atom stereocenters. The monoisotopic (exact) mass is 537 g/mol. The van der Waals surface area contributed by atoms with E-state index in [0.717, 1.165) is 0 Å². The summed E-state index contributed by atoms with van der Waals surface area (Å²) in [5.41, 5.74) is 4.95. The topological polar surface area (TPSA) is 284 Å². The van der Waals surface area contributed by atoms with E-state index < -0.39 is 84.1 Å². The van der Waals surface area contributed by atoms with Gasteiger partial charge in [0, 0.05) is 0 Å². The number of hydrogen-bond donors (Lipinski definition) is 6. The molecular weight excluding hydrogens is 517 g/mol. The zero-order valence-corrected chi connectivity index (χ0v) is 25.2. The van der Waals surface area contributed by atoms with Crippen molar-refractivity contribution in [3.63, 3.8) is 0 Å². The molecule has 172 valence electrons. The van der Waals surface area contributed by atoms with Crippen LogP contribution in [-0.2, 0) is 32.2 Å². The van der Waals surface area contributed by atoms with E-state index >= 15 is 0 Å². The molecule has 0 aliphatic heterocycles. The molecule has 1 rings (SSSR count). The molecule has 1 aliphatic carbocycles. The van der Waals surface area contributed by atoms with Crippen LogP contribution in [0, 0.1) is 0 Å². The largest absolute Gasteiger partial charge is 1.00 e. The maximum Gasteiger partial charge on any atom is 1.00 e. The van der Waals surface area contributed by atoms with Crippen molar-refractivity contribution in [2.45, 2.75) is 42.7 Å². The zero-order valence-electron chi connectivity index (χ0n) is 17.5. The second kappa shape index (κ2) is 17.1. The maximum absolute atomic E-state index is 11.8. The van der Waals surface area contributed by atoms with Crippen molar-refractivity contribution in [3.05, 3.63) is 0 Å². The molecular formula is C11H20NNa3O15P2. The fourth-order valence-corrected chi connectivity index (χ4v) is 3.74. The summed E-state index contributed by atoms with van der Waals surface area (Å²) < 4.78 is 39.4. The van der Waals surface area contributed by atoms with Crippen LogP contribution >= 0.6 is 15.6 Å². The number of rotatable bonds is 10. The van der Waals surface area contributed by atoms with Crippen molar-refractivity contribution in [2.24, 2.45) is 5.73 Å². The summed E-state index contributed by atoms with van der Waals surface area (Å²) in [7, 11) is -11.2. The molecule has 0 bridgehead atoms. The molecule has 0 spiro atoms. The summed E-state index contributed by atoms with van der Waals surface area (Å²) in [5.74, 6) is -0.889. The van der Waals surface area contributed by atoms with Gasteiger partial charge < -0.3 is 68.8 Å². The van der Waals surface area contributed by atoms with Gasteiger partial charge in [-0.1, -0.05) is 0 Å². The number of carbonyl (C=O) groups excluding carboxylic acids is 1. The number of carbonyl (C=O) groups is 1. The second-order valence-corrected chi connectivity index (χ2v) is 8.30. The molecule has 1 saturated carbocycles. The Balaban J connectivity index is -0.00000280. The van der Waals surface area contributed by atoms with Crippen molar-refractivity contribution in [2.75, 3.05) is 19.8 Å². The van der Waals surface area contributed by atoms with E-state index in [4.69, 9.17) is 5.73 Å². The summed E-state index contributed by atoms with van der Waals surface area (Å²) in [4.78, 5) is 43.9. The van der Waals surface area contributed by atoms with Crippen LogP contribution in [0.25, 0.3) is 0 Å². The second-order valence-electron chi connectivity index (χ2n) is 5.83. The van der Waals surface area contributed by atoms with E-state index in [1.807, 2.05) is 0 Å². The number of phosphoric ester groups is 2. The molecule has 1 fully saturated rings. The minimum Gasteiger partial charge on any atom is -0.790 e. The van der Waals surface area contributed by atoms with Crippen LogP contribution in [0.5, 0.6) is 0 Å². The van der Waals surface area contributed by atoms with Crippen LogP contribution in [0.15, 0.2) is 0 Å². The van der Waals surface area contributed by atoms with Gasteiger partial charge in [-0.25, -0.2) is 0 Å². The van der Waals surface area contributed by atoms with Gasteiger partial charge in [0.15, 0.2) is 0 Å². The van der Waals surface area contributed by atoms with Gasteiger partial charge in [-0.2, -0.15) is 0 Å². The van der Waals surface area contributed by atoms with Crippen molar-refractivity contribution in [1.29, 1.82) is 0 Å². The summed E-state index contributed by atoms with van der Waals surface area (Å²) in [6.07, 6.45) is -15.6. The Morgan fingerprint density at radius 2 is 1.28 bits per heavy atom. The quantitative estimate of drug-likeness (QED) is 0.0857. The van der Waals surface area contributed by atoms with Crippen LogP contribution in [0.4, 0.5) is 0 Å². The molecule has 6 atom stereocenters. The predicted octanol–water partition coefficient (Wildman–Crippen LogP) is -15.6. The molecule has 0 aromatic rings. The molecule has 32 heavy (non-hydrogen) atoms. The normalized spacial score (nSPS) is 30.5. The third kappa shape index (κ3) is 13.1. The Morgan fingerprint density at radius 1 is 0.875 bits per heavy atom. The van der Waals surface area contributed by atoms with E-state index in [-0.39, 0.29) is 88.7 Å². The molecule has 7 N–H and O–H groups in total. The van der Waals surface area contributed by atoms with Crippen LogP contribution in [-0.4, -0.2) is 94.0 Å². The Kier molecular flexibility index (Phi) is 20.8. The molecule has 0 saturated heterocycles. The Morgan fingerprint density at radius 3 is 1.66 bits per heavy atom. The van der Waals surface area contributed by atoms with E-state index in [1.54, 1.807) is 0 Å². The Labute approximate surface area is 248 Å². The van der Waals surface area contributed by atoms with Crippen LogP contribution in [0.2, 0.25) is 0 Å². The zero-order chi connectivity index (χ0) is 22.6. The van der Waals surface area contributed by atoms with Crippen molar-refractivity contribution in [1.82, 2.24) is 0 Å². The van der Waals surface area contributed by atoms with Gasteiger partial charge in [-0.15, -0.1) is 0 Å². The summed E-state index contributed by atoms with van der Waals surface area (Å²) in [6, 6.07) is 0. The minimum absolute atomic E-state index is 0. The van der Waals surface area contributed by atoms with Crippen molar-refractivity contribution >= 4 is 21.6 Å². The third-order valence-electron chi connectivity index (χ3n) is 3.58. The van der Waals surface area contributed by atoms with Gasteiger partial charge in [0.05, 0.1) is 21.0 Å². The molecule has 0 heterocycles. The average Bonchev–Trinajstić information content (AvgIpc) is 2.62. The van der Waals surface area contributed by atoms with Crippen molar-refractivity contribution < 1.29 is 161 Å². The molecule has 0 amide bonds. The van der Waals surface area contributed by atoms with Gasteiger partial charge in [-0.05, 0) is 0 Å². The molecule has 0 aromatic heterocycles. The number of aliphatic hydroxyl groups excluding tert-OH is 5. The van der Waals surface area contributed by atoms with E-state index in [9.17, 15) is 54.1 Å². The summed E-state index contributed by atoms with van der Waals surface area (Å²) in [5, 5.41) is 48.7. The van der Waals surface area contributed by atoms with E-state index in [0.29, 0.717) is 0 Å². The molecule has 0 aromatic carbocycles.